The first kappa shape index (κ1) is 21.5. The zero-order valence-corrected chi connectivity index (χ0v) is 17.9. The van der Waals surface area contributed by atoms with Crippen molar-refractivity contribution in [2.75, 3.05) is 6.54 Å². The first-order chi connectivity index (χ1) is 15.8. The molecule has 3 aromatic heterocycles. The van der Waals surface area contributed by atoms with Gasteiger partial charge in [-0.25, -0.2) is 18.9 Å². The van der Waals surface area contributed by atoms with Gasteiger partial charge in [-0.2, -0.15) is 18.3 Å². The summed E-state index contributed by atoms with van der Waals surface area (Å²) in [6.07, 6.45) is 0.612. The number of piperidine rings is 1. The van der Waals surface area contributed by atoms with Gasteiger partial charge >= 0.3 is 6.18 Å². The number of nitrogens with zero attached hydrogens (tertiary/aromatic N) is 5. The molecule has 0 radical (unpaired) electrons. The minimum absolute atomic E-state index is 0.00939. The van der Waals surface area contributed by atoms with Gasteiger partial charge in [-0.15, -0.1) is 11.3 Å². The number of halogens is 4. The third-order valence-electron chi connectivity index (χ3n) is 5.59. The molecule has 0 spiro atoms. The summed E-state index contributed by atoms with van der Waals surface area (Å²) in [5.74, 6) is -0.973. The largest absolute Gasteiger partial charge is 0.420 e. The first-order valence-electron chi connectivity index (χ1n) is 10.2. The highest BCUT2D eigenvalue weighted by Gasteiger charge is 2.37. The maximum atomic E-state index is 13.8. The number of imidazole rings is 1. The van der Waals surface area contributed by atoms with E-state index in [9.17, 15) is 22.4 Å². The Morgan fingerprint density at radius 2 is 1.94 bits per heavy atom. The van der Waals surface area contributed by atoms with Crippen LogP contribution in [-0.4, -0.2) is 36.9 Å². The minimum atomic E-state index is -4.72. The summed E-state index contributed by atoms with van der Waals surface area (Å²) >= 11 is 1.44. The number of amides is 1. The molecule has 0 N–H and O–H groups in total. The summed E-state index contributed by atoms with van der Waals surface area (Å²) in [5, 5.41) is 6.84. The van der Waals surface area contributed by atoms with E-state index < -0.39 is 29.1 Å². The maximum Gasteiger partial charge on any atom is 0.420 e. The molecular weight excluding hydrogens is 458 g/mol. The molecular formula is C22H17F4N5OS. The van der Waals surface area contributed by atoms with Crippen LogP contribution in [0.3, 0.4) is 0 Å². The summed E-state index contributed by atoms with van der Waals surface area (Å²) in [6.45, 7) is 0.470. The van der Waals surface area contributed by atoms with Gasteiger partial charge in [-0.1, -0.05) is 0 Å². The van der Waals surface area contributed by atoms with Gasteiger partial charge in [0.05, 0.1) is 17.9 Å². The Morgan fingerprint density at radius 1 is 1.15 bits per heavy atom. The van der Waals surface area contributed by atoms with Crippen molar-refractivity contribution in [3.8, 4) is 11.3 Å². The first-order valence-corrected chi connectivity index (χ1v) is 11.1. The van der Waals surface area contributed by atoms with Gasteiger partial charge in [0, 0.05) is 23.7 Å². The van der Waals surface area contributed by atoms with Crippen molar-refractivity contribution in [2.45, 2.75) is 31.5 Å². The molecule has 1 aliphatic rings. The number of thiazole rings is 1. The van der Waals surface area contributed by atoms with Crippen LogP contribution in [0.4, 0.5) is 17.6 Å². The number of benzene rings is 1. The average molecular weight is 475 g/mol. The molecule has 1 saturated heterocycles. The molecule has 1 aromatic carbocycles. The van der Waals surface area contributed by atoms with E-state index in [4.69, 9.17) is 0 Å². The molecule has 1 unspecified atom stereocenters. The molecule has 4 aromatic rings. The van der Waals surface area contributed by atoms with Crippen LogP contribution < -0.4 is 0 Å². The van der Waals surface area contributed by atoms with E-state index in [1.54, 1.807) is 11.1 Å². The number of carbonyl (C=O) groups is 1. The summed E-state index contributed by atoms with van der Waals surface area (Å²) in [4.78, 5) is 23.3. The lowest BCUT2D eigenvalue weighted by Gasteiger charge is -2.34. The Kier molecular flexibility index (Phi) is 5.35. The normalized spacial score (nSPS) is 17.0. The topological polar surface area (TPSA) is 63.4 Å². The van der Waals surface area contributed by atoms with Crippen LogP contribution in [0.5, 0.6) is 0 Å². The van der Waals surface area contributed by atoms with Crippen LogP contribution in [0.15, 0.2) is 48.1 Å². The Balaban J connectivity index is 1.58. The second-order valence-corrected chi connectivity index (χ2v) is 8.65. The molecule has 11 heteroatoms. The van der Waals surface area contributed by atoms with Crippen molar-refractivity contribution in [3.63, 3.8) is 0 Å². The molecule has 1 amide bonds. The van der Waals surface area contributed by atoms with Gasteiger partial charge in [0.15, 0.2) is 5.65 Å². The Labute approximate surface area is 189 Å². The smallest absolute Gasteiger partial charge is 0.328 e. The SMILES string of the molecule is O=C(c1cn2nc(-c3ccc(F)cc3)cc(C(F)(F)F)c2n1)N1CCCCC1c1nccs1. The van der Waals surface area contributed by atoms with Crippen LogP contribution in [0.1, 0.15) is 46.4 Å². The monoisotopic (exact) mass is 475 g/mol. The minimum Gasteiger partial charge on any atom is -0.328 e. The number of hydrogen-bond donors (Lipinski definition) is 0. The molecule has 1 aliphatic heterocycles. The molecule has 170 valence electrons. The molecule has 4 heterocycles. The van der Waals surface area contributed by atoms with Crippen molar-refractivity contribution < 1.29 is 22.4 Å². The summed E-state index contributed by atoms with van der Waals surface area (Å²) < 4.78 is 55.8. The fourth-order valence-corrected chi connectivity index (χ4v) is 4.81. The lowest BCUT2D eigenvalue weighted by Crippen LogP contribution is -2.38. The van der Waals surface area contributed by atoms with Crippen LogP contribution in [0, 0.1) is 5.82 Å². The highest BCUT2D eigenvalue weighted by Crippen LogP contribution is 2.36. The number of alkyl halides is 3. The molecule has 1 fully saturated rings. The van der Waals surface area contributed by atoms with E-state index in [-0.39, 0.29) is 17.4 Å². The van der Waals surface area contributed by atoms with Crippen LogP contribution in [-0.2, 0) is 6.18 Å². The predicted molar refractivity (Wildman–Crippen MR) is 113 cm³/mol. The third-order valence-corrected chi connectivity index (χ3v) is 6.47. The average Bonchev–Trinajstić information content (AvgIpc) is 3.48. The van der Waals surface area contributed by atoms with E-state index in [0.717, 1.165) is 47.0 Å². The van der Waals surface area contributed by atoms with Gasteiger partial charge in [0.25, 0.3) is 5.91 Å². The maximum absolute atomic E-state index is 13.8. The molecule has 0 aliphatic carbocycles. The van der Waals surface area contributed by atoms with Gasteiger partial charge in [0.1, 0.15) is 22.1 Å². The molecule has 5 rings (SSSR count). The second-order valence-electron chi connectivity index (χ2n) is 7.72. The third kappa shape index (κ3) is 4.08. The Morgan fingerprint density at radius 3 is 2.64 bits per heavy atom. The summed E-state index contributed by atoms with van der Waals surface area (Å²) in [6, 6.07) is 5.61. The lowest BCUT2D eigenvalue weighted by atomic mass is 10.0. The summed E-state index contributed by atoms with van der Waals surface area (Å²) in [7, 11) is 0. The Hall–Kier alpha value is -3.34. The molecule has 1 atom stereocenters. The van der Waals surface area contributed by atoms with E-state index in [2.05, 4.69) is 15.1 Å². The van der Waals surface area contributed by atoms with Gasteiger partial charge in [-0.05, 0) is 49.6 Å². The van der Waals surface area contributed by atoms with Gasteiger partial charge in [-0.3, -0.25) is 4.79 Å². The number of hydrogen-bond acceptors (Lipinski definition) is 5. The van der Waals surface area contributed by atoms with Crippen molar-refractivity contribution in [1.29, 1.82) is 0 Å². The van der Waals surface area contributed by atoms with Crippen molar-refractivity contribution >= 4 is 22.9 Å². The van der Waals surface area contributed by atoms with E-state index >= 15 is 0 Å². The van der Waals surface area contributed by atoms with E-state index in [1.807, 2.05) is 5.38 Å². The van der Waals surface area contributed by atoms with E-state index in [0.29, 0.717) is 12.1 Å². The Bertz CT molecular complexity index is 1300. The number of fused-ring (bicyclic) bond motifs is 1. The second kappa shape index (κ2) is 8.22. The fraction of sp³-hybridized carbons (Fsp3) is 0.273. The van der Waals surface area contributed by atoms with Crippen LogP contribution in [0.2, 0.25) is 0 Å². The predicted octanol–water partition coefficient (Wildman–Crippen LogP) is 5.38. The van der Waals surface area contributed by atoms with Gasteiger partial charge < -0.3 is 4.90 Å². The number of carbonyl (C=O) groups excluding carboxylic acids is 1. The van der Waals surface area contributed by atoms with Crippen LogP contribution in [0.25, 0.3) is 16.9 Å². The molecule has 33 heavy (non-hydrogen) atoms. The van der Waals surface area contributed by atoms with Gasteiger partial charge in [0.2, 0.25) is 0 Å². The molecule has 0 bridgehead atoms. The van der Waals surface area contributed by atoms with Crippen molar-refractivity contribution in [1.82, 2.24) is 24.5 Å². The number of likely N-dealkylation sites (tertiary alicyclic amines) is 1. The lowest BCUT2D eigenvalue weighted by molar-refractivity contribution is -0.136. The highest BCUT2D eigenvalue weighted by atomic mass is 32.1. The fourth-order valence-electron chi connectivity index (χ4n) is 4.03. The zero-order valence-electron chi connectivity index (χ0n) is 17.1. The zero-order chi connectivity index (χ0) is 23.2. The van der Waals surface area contributed by atoms with Crippen LogP contribution >= 0.6 is 11.3 Å². The van der Waals surface area contributed by atoms with E-state index in [1.165, 1.54) is 29.7 Å². The highest BCUT2D eigenvalue weighted by molar-refractivity contribution is 7.09. The quantitative estimate of drug-likeness (QED) is 0.374. The number of aromatic nitrogens is 4. The standard InChI is InChI=1S/C22H17F4N5OS/c23-14-6-4-13(5-7-14)16-11-15(22(24,25)26)19-28-17(12-31(19)29-16)21(32)30-9-2-1-3-18(30)20-27-8-10-33-20/h4-8,10-12,18H,1-3,9H2. The summed E-state index contributed by atoms with van der Waals surface area (Å²) in [5.41, 5.74) is -1.30. The van der Waals surface area contributed by atoms with Crippen molar-refractivity contribution in [3.05, 3.63) is 70.2 Å². The molecule has 6 nitrogen and oxygen atoms in total. The number of rotatable bonds is 3. The van der Waals surface area contributed by atoms with Crippen molar-refractivity contribution in [2.24, 2.45) is 0 Å². The molecule has 0 saturated carbocycles.